The van der Waals surface area contributed by atoms with Crippen molar-refractivity contribution in [3.05, 3.63) is 53.3 Å². The van der Waals surface area contributed by atoms with E-state index in [4.69, 9.17) is 9.47 Å². The summed E-state index contributed by atoms with van der Waals surface area (Å²) >= 11 is 0. The highest BCUT2D eigenvalue weighted by Gasteiger charge is 2.21. The molecule has 30 heavy (non-hydrogen) atoms. The van der Waals surface area contributed by atoms with Gasteiger partial charge in [-0.05, 0) is 35.4 Å². The van der Waals surface area contributed by atoms with E-state index >= 15 is 0 Å². The molecule has 162 valence electrons. The SMILES string of the molecule is CN=C(NCc1ccc(O)c(F)c1)N1CCN(Cc2ccc3c(c2)OCO3)CC1.I. The topological polar surface area (TPSA) is 69.6 Å². The van der Waals surface area contributed by atoms with Crippen molar-refractivity contribution in [1.82, 2.24) is 15.1 Å². The molecule has 0 atom stereocenters. The molecule has 2 heterocycles. The van der Waals surface area contributed by atoms with Gasteiger partial charge in [0.25, 0.3) is 0 Å². The third-order valence-electron chi connectivity index (χ3n) is 5.19. The first-order valence-corrected chi connectivity index (χ1v) is 9.66. The number of phenols is 1. The van der Waals surface area contributed by atoms with Gasteiger partial charge < -0.3 is 24.8 Å². The second-order valence-electron chi connectivity index (χ2n) is 7.14. The van der Waals surface area contributed by atoms with Gasteiger partial charge in [-0.3, -0.25) is 9.89 Å². The Morgan fingerprint density at radius 1 is 1.07 bits per heavy atom. The lowest BCUT2D eigenvalue weighted by Gasteiger charge is -2.36. The number of piperazine rings is 1. The van der Waals surface area contributed by atoms with Gasteiger partial charge in [-0.2, -0.15) is 0 Å². The number of fused-ring (bicyclic) bond motifs is 1. The van der Waals surface area contributed by atoms with Crippen LogP contribution in [0, 0.1) is 5.82 Å². The first kappa shape index (κ1) is 22.4. The highest BCUT2D eigenvalue weighted by Crippen LogP contribution is 2.32. The summed E-state index contributed by atoms with van der Waals surface area (Å²) in [5.41, 5.74) is 1.96. The lowest BCUT2D eigenvalue weighted by molar-refractivity contribution is 0.171. The Kier molecular flexibility index (Phi) is 7.59. The quantitative estimate of drug-likeness (QED) is 0.362. The van der Waals surface area contributed by atoms with Gasteiger partial charge in [-0.15, -0.1) is 24.0 Å². The number of halogens is 2. The fraction of sp³-hybridized carbons (Fsp3) is 0.381. The molecular weight excluding hydrogens is 502 g/mol. The maximum Gasteiger partial charge on any atom is 0.231 e. The Morgan fingerprint density at radius 2 is 1.80 bits per heavy atom. The molecule has 2 aliphatic rings. The molecule has 0 aliphatic carbocycles. The zero-order valence-corrected chi connectivity index (χ0v) is 19.1. The Bertz CT molecular complexity index is 904. The van der Waals surface area contributed by atoms with Gasteiger partial charge in [-0.1, -0.05) is 12.1 Å². The summed E-state index contributed by atoms with van der Waals surface area (Å²) in [4.78, 5) is 8.96. The van der Waals surface area contributed by atoms with Crippen LogP contribution in [-0.2, 0) is 13.1 Å². The molecular formula is C21H26FIN4O3. The van der Waals surface area contributed by atoms with Gasteiger partial charge in [0, 0.05) is 46.3 Å². The van der Waals surface area contributed by atoms with Crippen molar-refractivity contribution in [2.45, 2.75) is 13.1 Å². The van der Waals surface area contributed by atoms with E-state index in [1.165, 1.54) is 17.7 Å². The molecule has 1 saturated heterocycles. The van der Waals surface area contributed by atoms with Gasteiger partial charge >= 0.3 is 0 Å². The standard InChI is InChI=1S/C21H25FN4O3.HI/c1-23-21(24-12-15-2-4-18(27)17(22)10-15)26-8-6-25(7-9-26)13-16-3-5-19-20(11-16)29-14-28-19;/h2-5,10-11,27H,6-9,12-14H2,1H3,(H,23,24);1H. The molecule has 0 radical (unpaired) electrons. The number of ether oxygens (including phenoxy) is 2. The molecule has 0 aromatic heterocycles. The molecule has 0 saturated carbocycles. The van der Waals surface area contributed by atoms with Crippen LogP contribution in [0.3, 0.4) is 0 Å². The van der Waals surface area contributed by atoms with Gasteiger partial charge in [0.15, 0.2) is 29.0 Å². The molecule has 2 aliphatic heterocycles. The summed E-state index contributed by atoms with van der Waals surface area (Å²) in [5, 5.41) is 12.6. The van der Waals surface area contributed by atoms with Gasteiger partial charge in [0.2, 0.25) is 6.79 Å². The lowest BCUT2D eigenvalue weighted by atomic mass is 10.1. The van der Waals surface area contributed by atoms with Crippen molar-refractivity contribution in [3.8, 4) is 17.2 Å². The average Bonchev–Trinajstić information content (AvgIpc) is 3.20. The number of nitrogens with one attached hydrogen (secondary N) is 1. The molecule has 2 N–H and O–H groups in total. The molecule has 0 bridgehead atoms. The highest BCUT2D eigenvalue weighted by molar-refractivity contribution is 14.0. The summed E-state index contributed by atoms with van der Waals surface area (Å²) in [6.07, 6.45) is 0. The van der Waals surface area contributed by atoms with Crippen LogP contribution in [0.25, 0.3) is 0 Å². The molecule has 0 amide bonds. The number of guanidine groups is 1. The number of aliphatic imine (C=N–C) groups is 1. The predicted octanol–water partition coefficient (Wildman–Crippen LogP) is 2.77. The van der Waals surface area contributed by atoms with Crippen molar-refractivity contribution >= 4 is 29.9 Å². The maximum atomic E-state index is 13.5. The van der Waals surface area contributed by atoms with Gasteiger partial charge in [0.1, 0.15) is 0 Å². The van der Waals surface area contributed by atoms with Crippen LogP contribution in [-0.4, -0.2) is 60.9 Å². The smallest absolute Gasteiger partial charge is 0.231 e. The van der Waals surface area contributed by atoms with Crippen molar-refractivity contribution in [3.63, 3.8) is 0 Å². The van der Waals surface area contributed by atoms with E-state index in [9.17, 15) is 9.50 Å². The minimum Gasteiger partial charge on any atom is -0.505 e. The Morgan fingerprint density at radius 3 is 2.53 bits per heavy atom. The van der Waals surface area contributed by atoms with Crippen LogP contribution in [0.1, 0.15) is 11.1 Å². The second kappa shape index (κ2) is 10.2. The van der Waals surface area contributed by atoms with Crippen LogP contribution in [0.4, 0.5) is 4.39 Å². The van der Waals surface area contributed by atoms with Crippen LogP contribution in [0.5, 0.6) is 17.2 Å². The monoisotopic (exact) mass is 528 g/mol. The van der Waals surface area contributed by atoms with E-state index in [2.05, 4.69) is 26.2 Å². The van der Waals surface area contributed by atoms with Gasteiger partial charge in [-0.25, -0.2) is 4.39 Å². The number of benzene rings is 2. The molecule has 9 heteroatoms. The minimum absolute atomic E-state index is 0. The fourth-order valence-corrected chi connectivity index (χ4v) is 3.59. The average molecular weight is 528 g/mol. The largest absolute Gasteiger partial charge is 0.505 e. The van der Waals surface area contributed by atoms with Crippen LogP contribution >= 0.6 is 24.0 Å². The van der Waals surface area contributed by atoms with E-state index in [0.717, 1.165) is 55.7 Å². The molecule has 2 aromatic rings. The van der Waals surface area contributed by atoms with Crippen molar-refractivity contribution in [1.29, 1.82) is 0 Å². The third-order valence-corrected chi connectivity index (χ3v) is 5.19. The van der Waals surface area contributed by atoms with E-state index in [0.29, 0.717) is 13.3 Å². The minimum atomic E-state index is -0.614. The first-order chi connectivity index (χ1) is 14.1. The summed E-state index contributed by atoms with van der Waals surface area (Å²) in [6.45, 7) is 5.15. The molecule has 0 unspecified atom stereocenters. The third kappa shape index (κ3) is 5.25. The highest BCUT2D eigenvalue weighted by atomic mass is 127. The number of hydrogen-bond acceptors (Lipinski definition) is 5. The number of hydrogen-bond donors (Lipinski definition) is 2. The summed E-state index contributed by atoms with van der Waals surface area (Å²) in [5.74, 6) is 1.47. The lowest BCUT2D eigenvalue weighted by Crippen LogP contribution is -2.52. The normalized spacial score (nSPS) is 16.3. The van der Waals surface area contributed by atoms with Crippen molar-refractivity contribution in [2.24, 2.45) is 4.99 Å². The van der Waals surface area contributed by atoms with Crippen LogP contribution in [0.15, 0.2) is 41.4 Å². The van der Waals surface area contributed by atoms with Crippen LogP contribution < -0.4 is 14.8 Å². The van der Waals surface area contributed by atoms with Gasteiger partial charge in [0.05, 0.1) is 0 Å². The second-order valence-corrected chi connectivity index (χ2v) is 7.14. The Labute approximate surface area is 192 Å². The molecule has 0 spiro atoms. The zero-order chi connectivity index (χ0) is 20.2. The summed E-state index contributed by atoms with van der Waals surface area (Å²) < 4.78 is 24.3. The fourth-order valence-electron chi connectivity index (χ4n) is 3.59. The van der Waals surface area contributed by atoms with Crippen molar-refractivity contribution < 1.29 is 19.0 Å². The maximum absolute atomic E-state index is 13.5. The van der Waals surface area contributed by atoms with E-state index in [1.807, 2.05) is 12.1 Å². The predicted molar refractivity (Wildman–Crippen MR) is 123 cm³/mol. The number of rotatable bonds is 4. The zero-order valence-electron chi connectivity index (χ0n) is 16.8. The Balaban J connectivity index is 0.00000256. The number of phenolic OH excluding ortho intramolecular Hbond substituents is 1. The molecule has 1 fully saturated rings. The van der Waals surface area contributed by atoms with E-state index < -0.39 is 5.82 Å². The van der Waals surface area contributed by atoms with Crippen LogP contribution in [0.2, 0.25) is 0 Å². The number of aromatic hydroxyl groups is 1. The first-order valence-electron chi connectivity index (χ1n) is 9.66. The Hall–Kier alpha value is -2.27. The molecule has 7 nitrogen and oxygen atoms in total. The summed E-state index contributed by atoms with van der Waals surface area (Å²) in [7, 11) is 1.75. The van der Waals surface area contributed by atoms with E-state index in [1.54, 1.807) is 13.1 Å². The number of nitrogens with zero attached hydrogens (tertiary/aromatic N) is 3. The van der Waals surface area contributed by atoms with Crippen molar-refractivity contribution in [2.75, 3.05) is 40.0 Å². The molecule has 4 rings (SSSR count). The van der Waals surface area contributed by atoms with E-state index in [-0.39, 0.29) is 29.7 Å². The summed E-state index contributed by atoms with van der Waals surface area (Å²) in [6, 6.07) is 10.5. The molecule has 2 aromatic carbocycles.